The fourth-order valence-electron chi connectivity index (χ4n) is 1.93. The summed E-state index contributed by atoms with van der Waals surface area (Å²) in [5.41, 5.74) is 1.02. The lowest BCUT2D eigenvalue weighted by atomic mass is 10.1. The normalized spacial score (nSPS) is 20.0. The monoisotopic (exact) mass is 242 g/mol. The fourth-order valence-corrected chi connectivity index (χ4v) is 1.93. The Morgan fingerprint density at radius 3 is 2.94 bits per heavy atom. The number of halogens is 1. The van der Waals surface area contributed by atoms with E-state index in [1.807, 2.05) is 19.2 Å². The van der Waals surface area contributed by atoms with Crippen LogP contribution in [0.25, 0.3) is 0 Å². The van der Waals surface area contributed by atoms with E-state index in [1.165, 1.54) is 12.8 Å². The van der Waals surface area contributed by atoms with E-state index in [0.717, 1.165) is 24.7 Å². The molecule has 5 heteroatoms. The van der Waals surface area contributed by atoms with Gasteiger partial charge in [0.1, 0.15) is 0 Å². The van der Waals surface area contributed by atoms with Gasteiger partial charge >= 0.3 is 0 Å². The molecule has 1 aromatic rings. The summed E-state index contributed by atoms with van der Waals surface area (Å²) in [6, 6.07) is 2.46. The molecule has 0 amide bonds. The number of aromatic nitrogens is 2. The van der Waals surface area contributed by atoms with Gasteiger partial charge in [-0.15, -0.1) is 12.4 Å². The first-order valence-electron chi connectivity index (χ1n) is 5.50. The van der Waals surface area contributed by atoms with E-state index >= 15 is 0 Å². The Kier molecular flexibility index (Phi) is 4.96. The second kappa shape index (κ2) is 6.01. The van der Waals surface area contributed by atoms with Crippen LogP contribution in [0.3, 0.4) is 0 Å². The van der Waals surface area contributed by atoms with Crippen molar-refractivity contribution < 1.29 is 0 Å². The third-order valence-corrected chi connectivity index (χ3v) is 2.92. The predicted molar refractivity (Wildman–Crippen MR) is 68.3 cm³/mol. The summed E-state index contributed by atoms with van der Waals surface area (Å²) in [6.45, 7) is 4.17. The molecule has 0 aliphatic carbocycles. The van der Waals surface area contributed by atoms with Gasteiger partial charge in [-0.25, -0.2) is 9.97 Å². The molecule has 0 aromatic carbocycles. The Labute approximate surface area is 103 Å². The Bertz CT molecular complexity index is 326. The first-order valence-corrected chi connectivity index (χ1v) is 5.50. The molecule has 2 heterocycles. The van der Waals surface area contributed by atoms with Crippen molar-refractivity contribution in [1.82, 2.24) is 15.3 Å². The first kappa shape index (κ1) is 13.2. The van der Waals surface area contributed by atoms with Crippen molar-refractivity contribution >= 4 is 18.4 Å². The van der Waals surface area contributed by atoms with E-state index < -0.39 is 0 Å². The molecule has 0 bridgehead atoms. The maximum atomic E-state index is 4.44. The van der Waals surface area contributed by atoms with Gasteiger partial charge in [-0.3, -0.25) is 0 Å². The summed E-state index contributed by atoms with van der Waals surface area (Å²) in [7, 11) is 2.08. The summed E-state index contributed by atoms with van der Waals surface area (Å²) in [5, 5.41) is 3.40. The smallest absolute Gasteiger partial charge is 0.225 e. The molecule has 16 heavy (non-hydrogen) atoms. The second-order valence-corrected chi connectivity index (χ2v) is 4.11. The van der Waals surface area contributed by atoms with Crippen LogP contribution in [0.5, 0.6) is 0 Å². The highest BCUT2D eigenvalue weighted by atomic mass is 35.5. The number of likely N-dealkylation sites (N-methyl/N-ethyl adjacent to an activating group) is 1. The van der Waals surface area contributed by atoms with Crippen LogP contribution in [0.1, 0.15) is 18.5 Å². The maximum absolute atomic E-state index is 4.44. The largest absolute Gasteiger partial charge is 0.340 e. The molecule has 1 aliphatic rings. The minimum Gasteiger partial charge on any atom is -0.340 e. The first-order chi connectivity index (χ1) is 7.27. The number of nitrogens with one attached hydrogen (secondary N) is 1. The minimum atomic E-state index is 0. The van der Waals surface area contributed by atoms with Crippen LogP contribution in [-0.2, 0) is 0 Å². The number of nitrogens with zero attached hydrogens (tertiary/aromatic N) is 3. The quantitative estimate of drug-likeness (QED) is 0.851. The van der Waals surface area contributed by atoms with Gasteiger partial charge in [-0.2, -0.15) is 0 Å². The summed E-state index contributed by atoms with van der Waals surface area (Å²) in [6.07, 6.45) is 4.28. The number of anilines is 1. The van der Waals surface area contributed by atoms with Crippen molar-refractivity contribution in [2.75, 3.05) is 25.0 Å². The molecule has 1 fully saturated rings. The SMILES string of the molecule is Cc1ccnc(N(C)[C@@H]2CCCNC2)n1.Cl. The molecule has 0 unspecified atom stereocenters. The highest BCUT2D eigenvalue weighted by Gasteiger charge is 2.19. The van der Waals surface area contributed by atoms with Crippen molar-refractivity contribution in [2.24, 2.45) is 0 Å². The lowest BCUT2D eigenvalue weighted by Crippen LogP contribution is -2.44. The van der Waals surface area contributed by atoms with E-state index in [1.54, 1.807) is 0 Å². The molecule has 4 nitrogen and oxygen atoms in total. The van der Waals surface area contributed by atoms with Crippen LogP contribution in [-0.4, -0.2) is 36.1 Å². The highest BCUT2D eigenvalue weighted by molar-refractivity contribution is 5.85. The topological polar surface area (TPSA) is 41.1 Å². The predicted octanol–water partition coefficient (Wildman–Crippen LogP) is 1.40. The minimum absolute atomic E-state index is 0. The van der Waals surface area contributed by atoms with E-state index in [4.69, 9.17) is 0 Å². The van der Waals surface area contributed by atoms with Crippen LogP contribution in [0, 0.1) is 6.92 Å². The van der Waals surface area contributed by atoms with Gasteiger partial charge in [-0.05, 0) is 32.4 Å². The number of rotatable bonds is 2. The van der Waals surface area contributed by atoms with Crippen molar-refractivity contribution in [3.8, 4) is 0 Å². The second-order valence-electron chi connectivity index (χ2n) is 4.11. The number of piperidine rings is 1. The average Bonchev–Trinajstić information content (AvgIpc) is 2.29. The van der Waals surface area contributed by atoms with Gasteiger partial charge in [0.15, 0.2) is 0 Å². The molecule has 1 N–H and O–H groups in total. The van der Waals surface area contributed by atoms with Crippen molar-refractivity contribution in [3.05, 3.63) is 18.0 Å². The standard InChI is InChI=1S/C11H18N4.ClH/c1-9-5-7-13-11(14-9)15(2)10-4-3-6-12-8-10;/h5,7,10,12H,3-4,6,8H2,1-2H3;1H/t10-;/m1./s1. The molecule has 1 atom stereocenters. The lowest BCUT2D eigenvalue weighted by molar-refractivity contribution is 0.441. The van der Waals surface area contributed by atoms with Crippen molar-refractivity contribution in [1.29, 1.82) is 0 Å². The highest BCUT2D eigenvalue weighted by Crippen LogP contribution is 2.14. The molecule has 0 radical (unpaired) electrons. The van der Waals surface area contributed by atoms with Crippen molar-refractivity contribution in [3.63, 3.8) is 0 Å². The fraction of sp³-hybridized carbons (Fsp3) is 0.636. The zero-order chi connectivity index (χ0) is 10.7. The molecule has 1 aliphatic heterocycles. The van der Waals surface area contributed by atoms with E-state index in [0.29, 0.717) is 6.04 Å². The zero-order valence-corrected chi connectivity index (χ0v) is 10.6. The van der Waals surface area contributed by atoms with Gasteiger partial charge in [0, 0.05) is 31.5 Å². The third-order valence-electron chi connectivity index (χ3n) is 2.92. The summed E-state index contributed by atoms with van der Waals surface area (Å²) in [5.74, 6) is 0.837. The lowest BCUT2D eigenvalue weighted by Gasteiger charge is -2.31. The van der Waals surface area contributed by atoms with E-state index in [9.17, 15) is 0 Å². The average molecular weight is 243 g/mol. The molecule has 90 valence electrons. The maximum Gasteiger partial charge on any atom is 0.225 e. The summed E-state index contributed by atoms with van der Waals surface area (Å²) in [4.78, 5) is 10.9. The van der Waals surface area contributed by atoms with Gasteiger partial charge in [0.25, 0.3) is 0 Å². The molecular formula is C11H19ClN4. The molecule has 0 spiro atoms. The Hall–Kier alpha value is -0.870. The summed E-state index contributed by atoms with van der Waals surface area (Å²) < 4.78 is 0. The Morgan fingerprint density at radius 2 is 2.31 bits per heavy atom. The molecular weight excluding hydrogens is 224 g/mol. The van der Waals surface area contributed by atoms with E-state index in [-0.39, 0.29) is 12.4 Å². The molecule has 1 aromatic heterocycles. The van der Waals surface area contributed by atoms with Crippen molar-refractivity contribution in [2.45, 2.75) is 25.8 Å². The number of hydrogen-bond acceptors (Lipinski definition) is 4. The zero-order valence-electron chi connectivity index (χ0n) is 9.81. The van der Waals surface area contributed by atoms with Crippen LogP contribution >= 0.6 is 12.4 Å². The Morgan fingerprint density at radius 1 is 1.50 bits per heavy atom. The Balaban J connectivity index is 0.00000128. The molecule has 0 saturated carbocycles. The van der Waals surface area contributed by atoms with Crippen LogP contribution in [0.4, 0.5) is 5.95 Å². The van der Waals surface area contributed by atoms with Gasteiger partial charge in [0.2, 0.25) is 5.95 Å². The molecule has 1 saturated heterocycles. The third kappa shape index (κ3) is 3.06. The van der Waals surface area contributed by atoms with Crippen LogP contribution in [0.2, 0.25) is 0 Å². The van der Waals surface area contributed by atoms with Gasteiger partial charge in [-0.1, -0.05) is 0 Å². The van der Waals surface area contributed by atoms with Gasteiger partial charge < -0.3 is 10.2 Å². The van der Waals surface area contributed by atoms with Gasteiger partial charge in [0.05, 0.1) is 0 Å². The number of aryl methyl sites for hydroxylation is 1. The van der Waals surface area contributed by atoms with Crippen LogP contribution < -0.4 is 10.2 Å². The number of hydrogen-bond donors (Lipinski definition) is 1. The molecule has 2 rings (SSSR count). The van der Waals surface area contributed by atoms with E-state index in [2.05, 4.69) is 27.2 Å². The van der Waals surface area contributed by atoms with Crippen LogP contribution in [0.15, 0.2) is 12.3 Å². The summed E-state index contributed by atoms with van der Waals surface area (Å²) >= 11 is 0.